The Morgan fingerprint density at radius 3 is 2.48 bits per heavy atom. The molecule has 2 fully saturated rings. The van der Waals surface area contributed by atoms with E-state index in [1.54, 1.807) is 12.1 Å². The molecule has 1 atom stereocenters. The summed E-state index contributed by atoms with van der Waals surface area (Å²) >= 11 is 0. The molecule has 3 rings (SSSR count). The van der Waals surface area contributed by atoms with Crippen LogP contribution in [0.3, 0.4) is 0 Å². The van der Waals surface area contributed by atoms with E-state index < -0.39 is 16.0 Å². The standard InChI is InChI=1S/C18H26N2O4S/c1-14-6-5-9-19(13-14)17-8-7-15(12-16(17)18(21)22)25(23,24)20-10-3-2-4-11-20/h7-8,12,14H,2-6,9-11,13H2,1H3,(H,21,22). The maximum atomic E-state index is 12.8. The minimum absolute atomic E-state index is 0.0761. The maximum Gasteiger partial charge on any atom is 0.337 e. The lowest BCUT2D eigenvalue weighted by molar-refractivity contribution is 0.0697. The normalized spacial score (nSPS) is 22.8. The van der Waals surface area contributed by atoms with E-state index in [0.717, 1.165) is 45.2 Å². The molecule has 0 aliphatic carbocycles. The molecule has 0 radical (unpaired) electrons. The lowest BCUT2D eigenvalue weighted by Crippen LogP contribution is -2.36. The average molecular weight is 366 g/mol. The SMILES string of the molecule is CC1CCCN(c2ccc(S(=O)(=O)N3CCCCC3)cc2C(=O)O)C1. The number of anilines is 1. The Morgan fingerprint density at radius 2 is 1.84 bits per heavy atom. The van der Waals surface area contributed by atoms with Gasteiger partial charge < -0.3 is 10.0 Å². The summed E-state index contributed by atoms with van der Waals surface area (Å²) in [6, 6.07) is 4.56. The lowest BCUT2D eigenvalue weighted by Gasteiger charge is -2.34. The maximum absolute atomic E-state index is 12.8. The van der Waals surface area contributed by atoms with Gasteiger partial charge in [-0.15, -0.1) is 0 Å². The van der Waals surface area contributed by atoms with Gasteiger partial charge in [-0.2, -0.15) is 4.31 Å². The summed E-state index contributed by atoms with van der Waals surface area (Å²) in [5.41, 5.74) is 0.698. The van der Waals surface area contributed by atoms with Crippen LogP contribution in [0.15, 0.2) is 23.1 Å². The Bertz CT molecular complexity index is 741. The first-order valence-electron chi connectivity index (χ1n) is 9.02. The molecule has 1 N–H and O–H groups in total. The van der Waals surface area contributed by atoms with E-state index in [4.69, 9.17) is 0 Å². The van der Waals surface area contributed by atoms with Crippen molar-refractivity contribution in [3.8, 4) is 0 Å². The molecular weight excluding hydrogens is 340 g/mol. The second-order valence-electron chi connectivity index (χ2n) is 7.14. The van der Waals surface area contributed by atoms with E-state index in [1.165, 1.54) is 10.4 Å². The van der Waals surface area contributed by atoms with Gasteiger partial charge in [-0.05, 0) is 49.8 Å². The summed E-state index contributed by atoms with van der Waals surface area (Å²) in [7, 11) is -3.62. The third-order valence-corrected chi connectivity index (χ3v) is 7.04. The van der Waals surface area contributed by atoms with Crippen molar-refractivity contribution in [3.63, 3.8) is 0 Å². The molecule has 1 unspecified atom stereocenters. The van der Waals surface area contributed by atoms with Crippen LogP contribution in [0.2, 0.25) is 0 Å². The molecule has 0 spiro atoms. The van der Waals surface area contributed by atoms with Gasteiger partial charge in [0.1, 0.15) is 0 Å². The molecular formula is C18H26N2O4S. The number of benzene rings is 1. The van der Waals surface area contributed by atoms with Gasteiger partial charge in [0.2, 0.25) is 10.0 Å². The number of hydrogen-bond acceptors (Lipinski definition) is 4. The van der Waals surface area contributed by atoms with Crippen LogP contribution in [0.5, 0.6) is 0 Å². The smallest absolute Gasteiger partial charge is 0.337 e. The van der Waals surface area contributed by atoms with Crippen molar-refractivity contribution in [1.82, 2.24) is 4.31 Å². The molecule has 1 aromatic rings. The van der Waals surface area contributed by atoms with Crippen LogP contribution in [-0.2, 0) is 10.0 Å². The second kappa shape index (κ2) is 7.33. The van der Waals surface area contributed by atoms with Gasteiger partial charge in [0, 0.05) is 26.2 Å². The summed E-state index contributed by atoms with van der Waals surface area (Å²) in [5.74, 6) is -0.573. The van der Waals surface area contributed by atoms with Crippen molar-refractivity contribution >= 4 is 21.7 Å². The zero-order valence-electron chi connectivity index (χ0n) is 14.6. The number of aromatic carboxylic acids is 1. The van der Waals surface area contributed by atoms with Gasteiger partial charge >= 0.3 is 5.97 Å². The first-order chi connectivity index (χ1) is 11.9. The van der Waals surface area contributed by atoms with E-state index >= 15 is 0 Å². The van der Waals surface area contributed by atoms with E-state index in [-0.39, 0.29) is 10.5 Å². The van der Waals surface area contributed by atoms with Crippen molar-refractivity contribution in [1.29, 1.82) is 0 Å². The van der Waals surface area contributed by atoms with E-state index in [2.05, 4.69) is 11.8 Å². The Labute approximate surface area is 149 Å². The number of carboxylic acid groups (broad SMARTS) is 1. The van der Waals surface area contributed by atoms with E-state index in [0.29, 0.717) is 24.7 Å². The van der Waals surface area contributed by atoms with Crippen LogP contribution in [0.4, 0.5) is 5.69 Å². The van der Waals surface area contributed by atoms with Crippen LogP contribution in [0.1, 0.15) is 49.4 Å². The molecule has 1 aromatic carbocycles. The molecule has 0 aromatic heterocycles. The third kappa shape index (κ3) is 3.82. The highest BCUT2D eigenvalue weighted by atomic mass is 32.2. The highest BCUT2D eigenvalue weighted by Crippen LogP contribution is 2.30. The van der Waals surface area contributed by atoms with Crippen LogP contribution >= 0.6 is 0 Å². The van der Waals surface area contributed by atoms with Gasteiger partial charge in [0.25, 0.3) is 0 Å². The minimum atomic E-state index is -3.62. The first-order valence-corrected chi connectivity index (χ1v) is 10.5. The number of rotatable bonds is 4. The summed E-state index contributed by atoms with van der Waals surface area (Å²) in [6.07, 6.45) is 4.91. The van der Waals surface area contributed by atoms with E-state index in [1.807, 2.05) is 0 Å². The Hall–Kier alpha value is -1.60. The molecule has 2 aliphatic heterocycles. The van der Waals surface area contributed by atoms with Crippen molar-refractivity contribution in [3.05, 3.63) is 23.8 Å². The predicted molar refractivity (Wildman–Crippen MR) is 96.6 cm³/mol. The molecule has 2 aliphatic rings. The fourth-order valence-corrected chi connectivity index (χ4v) is 5.33. The molecule has 0 saturated carbocycles. The number of nitrogens with zero attached hydrogens (tertiary/aromatic N) is 2. The third-order valence-electron chi connectivity index (χ3n) is 5.15. The fourth-order valence-electron chi connectivity index (χ4n) is 3.79. The predicted octanol–water partition coefficient (Wildman–Crippen LogP) is 2.80. The van der Waals surface area contributed by atoms with Gasteiger partial charge in [0.15, 0.2) is 0 Å². The number of carbonyl (C=O) groups is 1. The zero-order valence-corrected chi connectivity index (χ0v) is 15.5. The number of hydrogen-bond donors (Lipinski definition) is 1. The summed E-state index contributed by atoms with van der Waals surface area (Å²) in [6.45, 7) is 4.79. The molecule has 7 heteroatoms. The van der Waals surface area contributed by atoms with Gasteiger partial charge in [0.05, 0.1) is 16.1 Å². The molecule has 2 heterocycles. The largest absolute Gasteiger partial charge is 0.478 e. The fraction of sp³-hybridized carbons (Fsp3) is 0.611. The molecule has 6 nitrogen and oxygen atoms in total. The lowest BCUT2D eigenvalue weighted by atomic mass is 9.99. The molecule has 2 saturated heterocycles. The number of carboxylic acids is 1. The van der Waals surface area contributed by atoms with Crippen LogP contribution in [0.25, 0.3) is 0 Å². The van der Waals surface area contributed by atoms with Gasteiger partial charge in [-0.1, -0.05) is 13.3 Å². The topological polar surface area (TPSA) is 77.9 Å². The van der Waals surface area contributed by atoms with Gasteiger partial charge in [-0.25, -0.2) is 13.2 Å². The van der Waals surface area contributed by atoms with Crippen molar-refractivity contribution in [2.24, 2.45) is 5.92 Å². The van der Waals surface area contributed by atoms with Crippen LogP contribution in [0, 0.1) is 5.92 Å². The second-order valence-corrected chi connectivity index (χ2v) is 9.08. The van der Waals surface area contributed by atoms with Crippen LogP contribution < -0.4 is 4.90 Å². The quantitative estimate of drug-likeness (QED) is 0.886. The zero-order chi connectivity index (χ0) is 18.0. The monoisotopic (exact) mass is 366 g/mol. The van der Waals surface area contributed by atoms with Gasteiger partial charge in [-0.3, -0.25) is 0 Å². The summed E-state index contributed by atoms with van der Waals surface area (Å²) in [4.78, 5) is 13.9. The molecule has 25 heavy (non-hydrogen) atoms. The average Bonchev–Trinajstić information content (AvgIpc) is 2.62. The van der Waals surface area contributed by atoms with Crippen molar-refractivity contribution < 1.29 is 18.3 Å². The highest BCUT2D eigenvalue weighted by Gasteiger charge is 2.28. The Morgan fingerprint density at radius 1 is 1.12 bits per heavy atom. The minimum Gasteiger partial charge on any atom is -0.478 e. The summed E-state index contributed by atoms with van der Waals surface area (Å²) in [5, 5.41) is 9.63. The molecule has 0 bridgehead atoms. The molecule has 138 valence electrons. The number of sulfonamides is 1. The van der Waals surface area contributed by atoms with E-state index in [9.17, 15) is 18.3 Å². The summed E-state index contributed by atoms with van der Waals surface area (Å²) < 4.78 is 27.1. The molecule has 0 amide bonds. The van der Waals surface area contributed by atoms with Crippen LogP contribution in [-0.4, -0.2) is 50.0 Å². The highest BCUT2D eigenvalue weighted by molar-refractivity contribution is 7.89. The van der Waals surface area contributed by atoms with Crippen molar-refractivity contribution in [2.75, 3.05) is 31.1 Å². The van der Waals surface area contributed by atoms with Crippen molar-refractivity contribution in [2.45, 2.75) is 43.9 Å². The Balaban J connectivity index is 1.95. The Kier molecular flexibility index (Phi) is 5.34. The first kappa shape index (κ1) is 18.2. The number of piperidine rings is 2.